The minimum atomic E-state index is 1.30. The van der Waals surface area contributed by atoms with Gasteiger partial charge in [-0.15, -0.1) is 22.7 Å². The van der Waals surface area contributed by atoms with Gasteiger partial charge in [-0.05, 0) is 48.8 Å². The van der Waals surface area contributed by atoms with Crippen LogP contribution in [-0.2, 0) is 12.8 Å². The first-order chi connectivity index (χ1) is 6.93. The summed E-state index contributed by atoms with van der Waals surface area (Å²) in [4.78, 5) is 4.55. The van der Waals surface area contributed by atoms with Crippen molar-refractivity contribution in [3.05, 3.63) is 34.0 Å². The Labute approximate surface area is 92.2 Å². The molecule has 72 valence electrons. The van der Waals surface area contributed by atoms with E-state index in [4.69, 9.17) is 0 Å². The molecule has 2 aromatic rings. The van der Waals surface area contributed by atoms with Crippen molar-refractivity contribution >= 4 is 22.7 Å². The third kappa shape index (κ3) is 1.43. The summed E-state index contributed by atoms with van der Waals surface area (Å²) in [7, 11) is 0. The fourth-order valence-electron chi connectivity index (χ4n) is 2.03. The van der Waals surface area contributed by atoms with Gasteiger partial charge in [-0.25, -0.2) is 0 Å². The summed E-state index contributed by atoms with van der Waals surface area (Å²) in [6, 6.07) is 6.77. The molecule has 1 aliphatic rings. The monoisotopic (exact) mass is 220 g/mol. The Morgan fingerprint density at radius 3 is 2.79 bits per heavy atom. The molecule has 0 saturated heterocycles. The van der Waals surface area contributed by atoms with Crippen LogP contribution in [0.3, 0.4) is 0 Å². The number of hydrogen-bond acceptors (Lipinski definition) is 2. The van der Waals surface area contributed by atoms with Gasteiger partial charge in [-0.2, -0.15) is 0 Å². The number of hydrogen-bond donors (Lipinski definition) is 0. The van der Waals surface area contributed by atoms with Crippen LogP contribution in [0.25, 0.3) is 9.75 Å². The van der Waals surface area contributed by atoms with Gasteiger partial charge < -0.3 is 0 Å². The molecule has 0 saturated carbocycles. The first kappa shape index (κ1) is 8.69. The minimum Gasteiger partial charge on any atom is -0.143 e. The zero-order valence-corrected chi connectivity index (χ0v) is 9.59. The van der Waals surface area contributed by atoms with Crippen LogP contribution >= 0.6 is 22.7 Å². The van der Waals surface area contributed by atoms with Crippen molar-refractivity contribution in [3.8, 4) is 9.75 Å². The molecule has 0 unspecified atom stereocenters. The van der Waals surface area contributed by atoms with Crippen LogP contribution in [0, 0.1) is 0 Å². The largest absolute Gasteiger partial charge is 0.143 e. The fourth-order valence-corrected chi connectivity index (χ4v) is 4.11. The molecule has 0 aromatic carbocycles. The highest BCUT2D eigenvalue weighted by Crippen LogP contribution is 2.37. The van der Waals surface area contributed by atoms with Crippen LogP contribution in [0.15, 0.2) is 23.6 Å². The van der Waals surface area contributed by atoms with E-state index in [9.17, 15) is 0 Å². The quantitative estimate of drug-likeness (QED) is 0.670. The molecule has 2 heterocycles. The first-order valence-corrected chi connectivity index (χ1v) is 6.78. The van der Waals surface area contributed by atoms with E-state index in [1.165, 1.54) is 35.4 Å². The Kier molecular flexibility index (Phi) is 2.18. The summed E-state index contributed by atoms with van der Waals surface area (Å²) in [5.74, 6) is 0. The lowest BCUT2D eigenvalue weighted by Gasteiger charge is -2.08. The summed E-state index contributed by atoms with van der Waals surface area (Å²) in [5, 5.41) is 2.16. The summed E-state index contributed by atoms with van der Waals surface area (Å²) in [6.07, 6.45) is 5.38. The van der Waals surface area contributed by atoms with Gasteiger partial charge in [-0.3, -0.25) is 0 Å². The van der Waals surface area contributed by atoms with Gasteiger partial charge in [0.15, 0.2) is 0 Å². The van der Waals surface area contributed by atoms with Gasteiger partial charge >= 0.3 is 0 Å². The SMILES string of the molecule is c1csc(-c2cc3c(s2)CCCC3)c1. The van der Waals surface area contributed by atoms with Gasteiger partial charge in [0.05, 0.1) is 0 Å². The molecule has 2 heteroatoms. The lowest BCUT2D eigenvalue weighted by atomic mass is 9.99. The second kappa shape index (κ2) is 3.52. The normalized spacial score (nSPS) is 15.4. The zero-order chi connectivity index (χ0) is 9.38. The van der Waals surface area contributed by atoms with E-state index >= 15 is 0 Å². The van der Waals surface area contributed by atoms with E-state index in [0.29, 0.717) is 0 Å². The Balaban J connectivity index is 2.04. The number of rotatable bonds is 1. The summed E-state index contributed by atoms with van der Waals surface area (Å²) < 4.78 is 0. The van der Waals surface area contributed by atoms with Crippen LogP contribution in [0.5, 0.6) is 0 Å². The minimum absolute atomic E-state index is 1.30. The van der Waals surface area contributed by atoms with E-state index in [1.807, 2.05) is 22.7 Å². The van der Waals surface area contributed by atoms with Crippen LogP contribution in [0.1, 0.15) is 23.3 Å². The van der Waals surface area contributed by atoms with Crippen molar-refractivity contribution in [1.82, 2.24) is 0 Å². The molecule has 14 heavy (non-hydrogen) atoms. The molecule has 0 bridgehead atoms. The predicted octanol–water partition coefficient (Wildman–Crippen LogP) is 4.36. The topological polar surface area (TPSA) is 0 Å². The zero-order valence-electron chi connectivity index (χ0n) is 7.95. The van der Waals surface area contributed by atoms with E-state index in [0.717, 1.165) is 0 Å². The van der Waals surface area contributed by atoms with Crippen LogP contribution in [-0.4, -0.2) is 0 Å². The lowest BCUT2D eigenvalue weighted by molar-refractivity contribution is 0.697. The van der Waals surface area contributed by atoms with Gasteiger partial charge in [0.1, 0.15) is 0 Å². The molecule has 0 spiro atoms. The molecule has 0 nitrogen and oxygen atoms in total. The first-order valence-electron chi connectivity index (χ1n) is 5.09. The molecule has 1 aliphatic carbocycles. The Hall–Kier alpha value is -0.600. The van der Waals surface area contributed by atoms with Gasteiger partial charge in [0.25, 0.3) is 0 Å². The molecule has 3 rings (SSSR count). The fraction of sp³-hybridized carbons (Fsp3) is 0.333. The molecule has 0 aliphatic heterocycles. The van der Waals surface area contributed by atoms with E-state index < -0.39 is 0 Å². The Bertz CT molecular complexity index is 400. The summed E-state index contributed by atoms with van der Waals surface area (Å²) in [5.41, 5.74) is 1.62. The molecule has 2 aromatic heterocycles. The Morgan fingerprint density at radius 1 is 1.07 bits per heavy atom. The highest BCUT2D eigenvalue weighted by Gasteiger charge is 2.14. The van der Waals surface area contributed by atoms with Crippen molar-refractivity contribution < 1.29 is 0 Å². The average molecular weight is 220 g/mol. The highest BCUT2D eigenvalue weighted by atomic mass is 32.1. The maximum absolute atomic E-state index is 2.41. The Morgan fingerprint density at radius 2 is 2.00 bits per heavy atom. The van der Waals surface area contributed by atoms with Gasteiger partial charge in [-0.1, -0.05) is 6.07 Å². The predicted molar refractivity (Wildman–Crippen MR) is 64.3 cm³/mol. The van der Waals surface area contributed by atoms with Gasteiger partial charge in [0.2, 0.25) is 0 Å². The molecular weight excluding hydrogens is 208 g/mol. The van der Waals surface area contributed by atoms with Crippen molar-refractivity contribution in [2.75, 3.05) is 0 Å². The maximum atomic E-state index is 2.41. The third-order valence-electron chi connectivity index (χ3n) is 2.76. The van der Waals surface area contributed by atoms with Crippen LogP contribution < -0.4 is 0 Å². The summed E-state index contributed by atoms with van der Waals surface area (Å²) in [6.45, 7) is 0. The highest BCUT2D eigenvalue weighted by molar-refractivity contribution is 7.21. The summed E-state index contributed by atoms with van der Waals surface area (Å²) >= 11 is 3.85. The van der Waals surface area contributed by atoms with E-state index in [-0.39, 0.29) is 0 Å². The van der Waals surface area contributed by atoms with Gasteiger partial charge in [0, 0.05) is 14.6 Å². The second-order valence-electron chi connectivity index (χ2n) is 3.74. The number of fused-ring (bicyclic) bond motifs is 1. The van der Waals surface area contributed by atoms with E-state index in [1.54, 1.807) is 10.4 Å². The van der Waals surface area contributed by atoms with Crippen molar-refractivity contribution in [3.63, 3.8) is 0 Å². The van der Waals surface area contributed by atoms with Crippen LogP contribution in [0.4, 0.5) is 0 Å². The maximum Gasteiger partial charge on any atom is 0.0448 e. The molecule has 0 radical (unpaired) electrons. The average Bonchev–Trinajstić information content (AvgIpc) is 2.86. The standard InChI is InChI=1S/C12H12S2/c1-2-5-10-9(4-1)8-12(14-10)11-6-3-7-13-11/h3,6-8H,1-2,4-5H2. The molecule has 0 atom stereocenters. The molecule has 0 amide bonds. The molecule has 0 fully saturated rings. The third-order valence-corrected chi connectivity index (χ3v) is 5.06. The van der Waals surface area contributed by atoms with E-state index in [2.05, 4.69) is 23.6 Å². The number of aryl methyl sites for hydroxylation is 2. The number of thiophene rings is 2. The van der Waals surface area contributed by atoms with Crippen molar-refractivity contribution in [2.45, 2.75) is 25.7 Å². The van der Waals surface area contributed by atoms with Crippen LogP contribution in [0.2, 0.25) is 0 Å². The lowest BCUT2D eigenvalue weighted by Crippen LogP contribution is -1.96. The van der Waals surface area contributed by atoms with Crippen molar-refractivity contribution in [2.24, 2.45) is 0 Å². The smallest absolute Gasteiger partial charge is 0.0448 e. The molecule has 0 N–H and O–H groups in total. The molecular formula is C12H12S2. The van der Waals surface area contributed by atoms with Crippen molar-refractivity contribution in [1.29, 1.82) is 0 Å². The second-order valence-corrected chi connectivity index (χ2v) is 5.83.